The summed E-state index contributed by atoms with van der Waals surface area (Å²) in [4.78, 5) is 3.29. The lowest BCUT2D eigenvalue weighted by Crippen LogP contribution is -2.02. The van der Waals surface area contributed by atoms with Gasteiger partial charge in [-0.25, -0.2) is 4.68 Å². The van der Waals surface area contributed by atoms with Gasteiger partial charge in [-0.3, -0.25) is 4.57 Å². The summed E-state index contributed by atoms with van der Waals surface area (Å²) in [6.07, 6.45) is 0.879. The minimum absolute atomic E-state index is 0.698. The number of benzene rings is 1. The molecule has 0 atom stereocenters. The van der Waals surface area contributed by atoms with Crippen LogP contribution in [0.1, 0.15) is 18.2 Å². The molecular weight excluding hydrogens is 336 g/mol. The van der Waals surface area contributed by atoms with Crippen molar-refractivity contribution < 1.29 is 0 Å². The molecule has 4 nitrogen and oxygen atoms in total. The lowest BCUT2D eigenvalue weighted by molar-refractivity contribution is 0.748. The molecule has 0 spiro atoms. The fraction of sp³-hybridized carbons (Fsp3) is 0.286. The third-order valence-electron chi connectivity index (χ3n) is 3.55. The van der Waals surface area contributed by atoms with Crippen LogP contribution in [0.5, 0.6) is 0 Å². The zero-order valence-corrected chi connectivity index (χ0v) is 14.0. The standard InChI is InChI=1S/C14H15BrN4S/c1-4-10-12-13(18(3)17-10)19(14(20)16-12)11-7-5-6-9(15)8(11)2/h5-7H,4H2,1-3H3,(H,16,20). The van der Waals surface area contributed by atoms with Gasteiger partial charge >= 0.3 is 0 Å². The van der Waals surface area contributed by atoms with Crippen molar-refractivity contribution in [2.24, 2.45) is 7.05 Å². The average Bonchev–Trinajstić information content (AvgIpc) is 2.90. The number of aryl methyl sites for hydroxylation is 2. The van der Waals surface area contributed by atoms with Gasteiger partial charge in [0.2, 0.25) is 0 Å². The first kappa shape index (κ1) is 13.6. The Morgan fingerprint density at radius 1 is 1.40 bits per heavy atom. The molecule has 20 heavy (non-hydrogen) atoms. The number of hydrogen-bond donors (Lipinski definition) is 1. The van der Waals surface area contributed by atoms with E-state index in [0.29, 0.717) is 4.77 Å². The molecule has 6 heteroatoms. The number of hydrogen-bond acceptors (Lipinski definition) is 2. The fourth-order valence-electron chi connectivity index (χ4n) is 2.52. The van der Waals surface area contributed by atoms with Crippen LogP contribution in [0.15, 0.2) is 22.7 Å². The quantitative estimate of drug-likeness (QED) is 0.708. The monoisotopic (exact) mass is 350 g/mol. The predicted molar refractivity (Wildman–Crippen MR) is 87.0 cm³/mol. The molecule has 104 valence electrons. The second kappa shape index (κ2) is 4.86. The Kier molecular flexibility index (Phi) is 3.30. The number of halogens is 1. The maximum Gasteiger partial charge on any atom is 0.184 e. The molecule has 3 rings (SSSR count). The Bertz CT molecular complexity index is 856. The highest BCUT2D eigenvalue weighted by molar-refractivity contribution is 9.10. The molecule has 0 saturated heterocycles. The highest BCUT2D eigenvalue weighted by Crippen LogP contribution is 2.27. The number of aromatic amines is 1. The number of rotatable bonds is 2. The third-order valence-corrected chi connectivity index (χ3v) is 4.69. The number of nitrogens with one attached hydrogen (secondary N) is 1. The Morgan fingerprint density at radius 2 is 2.15 bits per heavy atom. The van der Waals surface area contributed by atoms with Crippen LogP contribution in [0.3, 0.4) is 0 Å². The van der Waals surface area contributed by atoms with E-state index in [1.807, 2.05) is 23.9 Å². The molecule has 0 fully saturated rings. The van der Waals surface area contributed by atoms with Gasteiger partial charge < -0.3 is 4.98 Å². The highest BCUT2D eigenvalue weighted by Gasteiger charge is 2.16. The van der Waals surface area contributed by atoms with Crippen molar-refractivity contribution in [1.82, 2.24) is 19.3 Å². The molecule has 3 aromatic rings. The lowest BCUT2D eigenvalue weighted by Gasteiger charge is -2.09. The molecule has 2 aromatic heterocycles. The van der Waals surface area contributed by atoms with Crippen LogP contribution in [0.2, 0.25) is 0 Å². The molecule has 2 heterocycles. The van der Waals surface area contributed by atoms with E-state index in [-0.39, 0.29) is 0 Å². The van der Waals surface area contributed by atoms with E-state index in [2.05, 4.69) is 50.5 Å². The summed E-state index contributed by atoms with van der Waals surface area (Å²) < 4.78 is 5.71. The van der Waals surface area contributed by atoms with Gasteiger partial charge in [-0.05, 0) is 43.3 Å². The van der Waals surface area contributed by atoms with Gasteiger partial charge in [0.25, 0.3) is 0 Å². The third kappa shape index (κ3) is 1.86. The van der Waals surface area contributed by atoms with E-state index >= 15 is 0 Å². The normalized spacial score (nSPS) is 11.4. The van der Waals surface area contributed by atoms with Crippen molar-refractivity contribution in [2.75, 3.05) is 0 Å². The van der Waals surface area contributed by atoms with Gasteiger partial charge in [0.1, 0.15) is 5.52 Å². The maximum absolute atomic E-state index is 5.51. The van der Waals surface area contributed by atoms with Crippen molar-refractivity contribution in [2.45, 2.75) is 20.3 Å². The van der Waals surface area contributed by atoms with Gasteiger partial charge in [-0.2, -0.15) is 5.10 Å². The predicted octanol–water partition coefficient (Wildman–Crippen LogP) is 4.05. The molecular formula is C14H15BrN4S. The highest BCUT2D eigenvalue weighted by atomic mass is 79.9. The van der Waals surface area contributed by atoms with Crippen LogP contribution in [-0.4, -0.2) is 19.3 Å². The Labute approximate surface area is 130 Å². The molecule has 1 aromatic carbocycles. The number of imidazole rings is 1. The average molecular weight is 351 g/mol. The number of fused-ring (bicyclic) bond motifs is 1. The van der Waals surface area contributed by atoms with Crippen LogP contribution in [-0.2, 0) is 13.5 Å². The Balaban J connectivity index is 2.42. The summed E-state index contributed by atoms with van der Waals surface area (Å²) in [6.45, 7) is 4.18. The molecule has 0 amide bonds. The van der Waals surface area contributed by atoms with Crippen molar-refractivity contribution in [3.8, 4) is 5.69 Å². The van der Waals surface area contributed by atoms with Crippen LogP contribution < -0.4 is 0 Å². The number of H-pyrrole nitrogens is 1. The molecule has 0 aliphatic heterocycles. The first-order valence-corrected chi connectivity index (χ1v) is 7.66. The first-order valence-electron chi connectivity index (χ1n) is 6.46. The summed E-state index contributed by atoms with van der Waals surface area (Å²) >= 11 is 9.09. The minimum Gasteiger partial charge on any atom is -0.327 e. The first-order chi connectivity index (χ1) is 9.54. The molecule has 0 unspecified atom stereocenters. The number of aromatic nitrogens is 4. The largest absolute Gasteiger partial charge is 0.327 e. The van der Waals surface area contributed by atoms with E-state index in [1.165, 1.54) is 0 Å². The second-order valence-electron chi connectivity index (χ2n) is 4.77. The van der Waals surface area contributed by atoms with Gasteiger partial charge in [-0.1, -0.05) is 28.9 Å². The summed E-state index contributed by atoms with van der Waals surface area (Å²) in [7, 11) is 1.95. The Morgan fingerprint density at radius 3 is 2.85 bits per heavy atom. The summed E-state index contributed by atoms with van der Waals surface area (Å²) in [5, 5.41) is 4.55. The topological polar surface area (TPSA) is 38.5 Å². The molecule has 0 aliphatic carbocycles. The fourth-order valence-corrected chi connectivity index (χ4v) is 3.16. The SMILES string of the molecule is CCc1nn(C)c2c1[nH]c(=S)n2-c1cccc(Br)c1C. The molecule has 0 bridgehead atoms. The smallest absolute Gasteiger partial charge is 0.184 e. The van der Waals surface area contributed by atoms with Crippen molar-refractivity contribution in [1.29, 1.82) is 0 Å². The van der Waals surface area contributed by atoms with Crippen LogP contribution in [0.25, 0.3) is 16.9 Å². The lowest BCUT2D eigenvalue weighted by atomic mass is 10.2. The molecule has 0 radical (unpaired) electrons. The van der Waals surface area contributed by atoms with E-state index in [9.17, 15) is 0 Å². The van der Waals surface area contributed by atoms with Gasteiger partial charge in [0.15, 0.2) is 10.4 Å². The number of nitrogens with zero attached hydrogens (tertiary/aromatic N) is 3. The van der Waals surface area contributed by atoms with E-state index in [0.717, 1.165) is 39.0 Å². The zero-order chi connectivity index (χ0) is 14.4. The van der Waals surface area contributed by atoms with Crippen molar-refractivity contribution in [3.05, 3.63) is 38.7 Å². The van der Waals surface area contributed by atoms with E-state index < -0.39 is 0 Å². The molecule has 0 saturated carbocycles. The Hall–Kier alpha value is -1.40. The van der Waals surface area contributed by atoms with Gasteiger partial charge in [0.05, 0.1) is 11.4 Å². The van der Waals surface area contributed by atoms with Crippen LogP contribution in [0, 0.1) is 11.7 Å². The second-order valence-corrected chi connectivity index (χ2v) is 6.01. The van der Waals surface area contributed by atoms with E-state index in [4.69, 9.17) is 12.2 Å². The minimum atomic E-state index is 0.698. The zero-order valence-electron chi connectivity index (χ0n) is 11.6. The van der Waals surface area contributed by atoms with Crippen molar-refractivity contribution >= 4 is 39.3 Å². The van der Waals surface area contributed by atoms with E-state index in [1.54, 1.807) is 0 Å². The maximum atomic E-state index is 5.51. The summed E-state index contributed by atoms with van der Waals surface area (Å²) in [5.41, 5.74) is 5.30. The molecule has 1 N–H and O–H groups in total. The van der Waals surface area contributed by atoms with Gasteiger partial charge in [0, 0.05) is 11.5 Å². The van der Waals surface area contributed by atoms with Crippen LogP contribution >= 0.6 is 28.1 Å². The molecule has 0 aliphatic rings. The summed E-state index contributed by atoms with van der Waals surface area (Å²) in [5.74, 6) is 0. The van der Waals surface area contributed by atoms with Crippen molar-refractivity contribution in [3.63, 3.8) is 0 Å². The summed E-state index contributed by atoms with van der Waals surface area (Å²) in [6, 6.07) is 6.12. The van der Waals surface area contributed by atoms with Gasteiger partial charge in [-0.15, -0.1) is 0 Å². The van der Waals surface area contributed by atoms with Crippen LogP contribution in [0.4, 0.5) is 0 Å².